The average Bonchev–Trinajstić information content (AvgIpc) is 2.68. The summed E-state index contributed by atoms with van der Waals surface area (Å²) in [5.41, 5.74) is 3.78. The summed E-state index contributed by atoms with van der Waals surface area (Å²) < 4.78 is 0. The van der Waals surface area contributed by atoms with Crippen LogP contribution in [-0.2, 0) is 22.6 Å². The number of carbonyl (C=O) groups excluding carboxylic acids is 2. The van der Waals surface area contributed by atoms with Gasteiger partial charge in [0.25, 0.3) is 0 Å². The van der Waals surface area contributed by atoms with Crippen LogP contribution in [-0.4, -0.2) is 28.8 Å². The van der Waals surface area contributed by atoms with E-state index in [9.17, 15) is 9.59 Å². The number of nitrogens with one attached hydrogen (secondary N) is 1. The molecular formula is C25H32Cl2N2O2. The fourth-order valence-electron chi connectivity index (χ4n) is 3.66. The van der Waals surface area contributed by atoms with Crippen molar-refractivity contribution in [2.24, 2.45) is 0 Å². The molecule has 2 aromatic rings. The van der Waals surface area contributed by atoms with Gasteiger partial charge in [0.05, 0.1) is 6.42 Å². The summed E-state index contributed by atoms with van der Waals surface area (Å²) in [7, 11) is 0. The van der Waals surface area contributed by atoms with Gasteiger partial charge in [0, 0.05) is 28.2 Å². The Kier molecular flexibility index (Phi) is 9.39. The van der Waals surface area contributed by atoms with Crippen molar-refractivity contribution < 1.29 is 9.59 Å². The molecule has 0 heterocycles. The predicted molar refractivity (Wildman–Crippen MR) is 129 cm³/mol. The van der Waals surface area contributed by atoms with Crippen LogP contribution < -0.4 is 5.32 Å². The standard InChI is InChI=1S/C25H32Cl2N2O2/c1-6-18(5)28-25(31)23(7-2)29(15-20-21(26)9-8-10-22(20)27)24(30)14-19-12-16(3)11-17(4)13-19/h8-13,18,23H,6-7,14-15H2,1-5H3,(H,28,31). The van der Waals surface area contributed by atoms with Crippen molar-refractivity contribution in [3.05, 3.63) is 68.7 Å². The molecule has 2 atom stereocenters. The van der Waals surface area contributed by atoms with Crippen molar-refractivity contribution in [3.8, 4) is 0 Å². The minimum atomic E-state index is -0.611. The van der Waals surface area contributed by atoms with E-state index in [0.717, 1.165) is 23.1 Å². The third kappa shape index (κ3) is 6.98. The second kappa shape index (κ2) is 11.5. The molecule has 2 rings (SSSR count). The lowest BCUT2D eigenvalue weighted by Gasteiger charge is -2.32. The van der Waals surface area contributed by atoms with Gasteiger partial charge >= 0.3 is 0 Å². The summed E-state index contributed by atoms with van der Waals surface area (Å²) in [5, 5.41) is 3.98. The van der Waals surface area contributed by atoms with Gasteiger partial charge in [0.1, 0.15) is 6.04 Å². The molecule has 2 amide bonds. The summed E-state index contributed by atoms with van der Waals surface area (Å²) in [5.74, 6) is -0.291. The van der Waals surface area contributed by atoms with E-state index in [1.165, 1.54) is 0 Å². The summed E-state index contributed by atoms with van der Waals surface area (Å²) in [6.07, 6.45) is 1.51. The van der Waals surface area contributed by atoms with E-state index in [2.05, 4.69) is 11.4 Å². The van der Waals surface area contributed by atoms with Crippen LogP contribution in [0.5, 0.6) is 0 Å². The Bertz CT molecular complexity index is 889. The number of nitrogens with zero attached hydrogens (tertiary/aromatic N) is 1. The van der Waals surface area contributed by atoms with Crippen LogP contribution in [0, 0.1) is 13.8 Å². The van der Waals surface area contributed by atoms with E-state index in [0.29, 0.717) is 22.0 Å². The molecule has 0 spiro atoms. The van der Waals surface area contributed by atoms with E-state index >= 15 is 0 Å². The molecule has 0 bridgehead atoms. The van der Waals surface area contributed by atoms with Gasteiger partial charge in [-0.05, 0) is 51.3 Å². The third-order valence-corrected chi connectivity index (χ3v) is 6.12. The molecule has 0 radical (unpaired) electrons. The molecule has 0 aliphatic rings. The topological polar surface area (TPSA) is 49.4 Å². The number of hydrogen-bond acceptors (Lipinski definition) is 2. The van der Waals surface area contributed by atoms with Gasteiger partial charge < -0.3 is 10.2 Å². The van der Waals surface area contributed by atoms with Crippen LogP contribution in [0.25, 0.3) is 0 Å². The maximum atomic E-state index is 13.5. The molecule has 31 heavy (non-hydrogen) atoms. The number of rotatable bonds is 9. The van der Waals surface area contributed by atoms with Gasteiger partial charge in [-0.15, -0.1) is 0 Å². The molecule has 6 heteroatoms. The number of hydrogen-bond donors (Lipinski definition) is 1. The Balaban J connectivity index is 2.39. The molecule has 4 nitrogen and oxygen atoms in total. The first kappa shape index (κ1) is 25.2. The van der Waals surface area contributed by atoms with Crippen molar-refractivity contribution in [1.29, 1.82) is 0 Å². The van der Waals surface area contributed by atoms with Gasteiger partial charge in [-0.3, -0.25) is 9.59 Å². The molecule has 0 aliphatic carbocycles. The largest absolute Gasteiger partial charge is 0.352 e. The lowest BCUT2D eigenvalue weighted by Crippen LogP contribution is -2.51. The summed E-state index contributed by atoms with van der Waals surface area (Å²) in [6.45, 7) is 10.1. The Hall–Kier alpha value is -2.04. The first-order valence-electron chi connectivity index (χ1n) is 10.8. The molecule has 1 N–H and O–H groups in total. The fourth-order valence-corrected chi connectivity index (χ4v) is 4.18. The van der Waals surface area contributed by atoms with E-state index in [1.54, 1.807) is 23.1 Å². The van der Waals surface area contributed by atoms with Crippen molar-refractivity contribution in [3.63, 3.8) is 0 Å². The monoisotopic (exact) mass is 462 g/mol. The molecule has 0 aromatic heterocycles. The summed E-state index contributed by atoms with van der Waals surface area (Å²) in [4.78, 5) is 28.1. The van der Waals surface area contributed by atoms with Crippen LogP contribution >= 0.6 is 23.2 Å². The second-order valence-electron chi connectivity index (χ2n) is 8.14. The smallest absolute Gasteiger partial charge is 0.243 e. The Morgan fingerprint density at radius 3 is 2.10 bits per heavy atom. The molecular weight excluding hydrogens is 431 g/mol. The lowest BCUT2D eigenvalue weighted by atomic mass is 10.0. The fraction of sp³-hybridized carbons (Fsp3) is 0.440. The summed E-state index contributed by atoms with van der Waals surface area (Å²) >= 11 is 12.8. The van der Waals surface area contributed by atoms with Crippen molar-refractivity contribution in [2.45, 2.75) is 72.5 Å². The first-order chi connectivity index (χ1) is 14.7. The quantitative estimate of drug-likeness (QED) is 0.505. The molecule has 0 saturated carbocycles. The Morgan fingerprint density at radius 2 is 1.58 bits per heavy atom. The Labute approximate surface area is 195 Å². The van der Waals surface area contributed by atoms with Crippen LogP contribution in [0.15, 0.2) is 36.4 Å². The highest BCUT2D eigenvalue weighted by atomic mass is 35.5. The van der Waals surface area contributed by atoms with Gasteiger partial charge in [-0.25, -0.2) is 0 Å². The first-order valence-corrected chi connectivity index (χ1v) is 11.5. The zero-order valence-corrected chi connectivity index (χ0v) is 20.5. The van der Waals surface area contributed by atoms with E-state index in [4.69, 9.17) is 23.2 Å². The SMILES string of the molecule is CCC(C)NC(=O)C(CC)N(Cc1c(Cl)cccc1Cl)C(=O)Cc1cc(C)cc(C)c1. The minimum absolute atomic E-state index is 0.0295. The van der Waals surface area contributed by atoms with Crippen LogP contribution in [0.4, 0.5) is 0 Å². The van der Waals surface area contributed by atoms with Gasteiger partial charge in [0.15, 0.2) is 0 Å². The molecule has 0 fully saturated rings. The highest BCUT2D eigenvalue weighted by Crippen LogP contribution is 2.27. The van der Waals surface area contributed by atoms with Crippen LogP contribution in [0.2, 0.25) is 10.0 Å². The third-order valence-electron chi connectivity index (χ3n) is 5.41. The molecule has 0 aliphatic heterocycles. The predicted octanol–water partition coefficient (Wildman–Crippen LogP) is 5.87. The number of aryl methyl sites for hydroxylation is 2. The number of carbonyl (C=O) groups is 2. The maximum Gasteiger partial charge on any atom is 0.243 e. The second-order valence-corrected chi connectivity index (χ2v) is 8.95. The molecule has 0 saturated heterocycles. The number of halogens is 2. The average molecular weight is 463 g/mol. The van der Waals surface area contributed by atoms with Crippen molar-refractivity contribution in [1.82, 2.24) is 10.2 Å². The highest BCUT2D eigenvalue weighted by Gasteiger charge is 2.30. The molecule has 2 aromatic carbocycles. The maximum absolute atomic E-state index is 13.5. The van der Waals surface area contributed by atoms with Crippen molar-refractivity contribution in [2.75, 3.05) is 0 Å². The van der Waals surface area contributed by atoms with E-state index < -0.39 is 6.04 Å². The number of benzene rings is 2. The zero-order valence-electron chi connectivity index (χ0n) is 19.0. The Morgan fingerprint density at radius 1 is 1.00 bits per heavy atom. The molecule has 2 unspecified atom stereocenters. The van der Waals surface area contributed by atoms with Crippen LogP contribution in [0.1, 0.15) is 55.9 Å². The normalized spacial score (nSPS) is 12.9. The number of amides is 2. The van der Waals surface area contributed by atoms with Gasteiger partial charge in [0.2, 0.25) is 11.8 Å². The van der Waals surface area contributed by atoms with Gasteiger partial charge in [-0.2, -0.15) is 0 Å². The van der Waals surface area contributed by atoms with E-state index in [-0.39, 0.29) is 30.8 Å². The van der Waals surface area contributed by atoms with Gasteiger partial charge in [-0.1, -0.05) is 72.4 Å². The lowest BCUT2D eigenvalue weighted by molar-refractivity contribution is -0.141. The van der Waals surface area contributed by atoms with Crippen LogP contribution in [0.3, 0.4) is 0 Å². The zero-order chi connectivity index (χ0) is 23.1. The molecule has 168 valence electrons. The summed E-state index contributed by atoms with van der Waals surface area (Å²) in [6, 6.07) is 10.8. The highest BCUT2D eigenvalue weighted by molar-refractivity contribution is 6.36. The minimum Gasteiger partial charge on any atom is -0.352 e. The van der Waals surface area contributed by atoms with Crippen molar-refractivity contribution >= 4 is 35.0 Å². The van der Waals surface area contributed by atoms with E-state index in [1.807, 2.05) is 46.8 Å².